The Morgan fingerprint density at radius 3 is 2.67 bits per heavy atom. The molecule has 1 aliphatic carbocycles. The summed E-state index contributed by atoms with van der Waals surface area (Å²) in [5.41, 5.74) is 0. The normalized spacial score (nSPS) is 28.5. The van der Waals surface area contributed by atoms with Crippen LogP contribution in [-0.4, -0.2) is 0 Å². The first-order valence-electron chi connectivity index (χ1n) is 6.81. The van der Waals surface area contributed by atoms with E-state index in [2.05, 4.69) is 33.4 Å². The van der Waals surface area contributed by atoms with Gasteiger partial charge in [-0.1, -0.05) is 52.5 Å². The molecule has 0 amide bonds. The molecule has 1 saturated carbocycles. The van der Waals surface area contributed by atoms with Gasteiger partial charge in [0, 0.05) is 0 Å². The second-order valence-electron chi connectivity index (χ2n) is 5.57. The zero-order valence-electron chi connectivity index (χ0n) is 10.8. The van der Waals surface area contributed by atoms with Crippen LogP contribution in [0, 0.1) is 23.7 Å². The summed E-state index contributed by atoms with van der Waals surface area (Å²) in [6.45, 7) is 10.9. The SMILES string of the molecule is C=CC(C)CCCC(C)C1CC1CCC. The van der Waals surface area contributed by atoms with Crippen LogP contribution in [0.15, 0.2) is 12.7 Å². The van der Waals surface area contributed by atoms with E-state index in [0.717, 1.165) is 17.8 Å². The molecule has 0 heteroatoms. The zero-order chi connectivity index (χ0) is 11.3. The van der Waals surface area contributed by atoms with Crippen LogP contribution in [-0.2, 0) is 0 Å². The molecule has 0 radical (unpaired) electrons. The van der Waals surface area contributed by atoms with Crippen molar-refractivity contribution < 1.29 is 0 Å². The van der Waals surface area contributed by atoms with Gasteiger partial charge in [-0.3, -0.25) is 0 Å². The van der Waals surface area contributed by atoms with Gasteiger partial charge in [-0.05, 0) is 36.5 Å². The Kier molecular flexibility index (Phi) is 5.42. The van der Waals surface area contributed by atoms with Gasteiger partial charge in [0.1, 0.15) is 0 Å². The summed E-state index contributed by atoms with van der Waals surface area (Å²) < 4.78 is 0. The molecule has 0 N–H and O–H groups in total. The molecule has 0 aromatic heterocycles. The van der Waals surface area contributed by atoms with Gasteiger partial charge in [0.05, 0.1) is 0 Å². The van der Waals surface area contributed by atoms with Gasteiger partial charge in [0.15, 0.2) is 0 Å². The van der Waals surface area contributed by atoms with E-state index in [1.165, 1.54) is 38.5 Å². The molecule has 0 saturated heterocycles. The fourth-order valence-corrected chi connectivity index (χ4v) is 2.76. The minimum atomic E-state index is 0.711. The molecule has 0 aromatic carbocycles. The third kappa shape index (κ3) is 4.40. The Balaban J connectivity index is 2.05. The van der Waals surface area contributed by atoms with Gasteiger partial charge in [-0.15, -0.1) is 6.58 Å². The van der Waals surface area contributed by atoms with E-state index in [1.54, 1.807) is 0 Å². The highest BCUT2D eigenvalue weighted by molar-refractivity contribution is 4.89. The summed E-state index contributed by atoms with van der Waals surface area (Å²) >= 11 is 0. The Bertz CT molecular complexity index is 182. The molecule has 1 rings (SSSR count). The van der Waals surface area contributed by atoms with Crippen LogP contribution < -0.4 is 0 Å². The molecular formula is C15H28. The van der Waals surface area contributed by atoms with Crippen molar-refractivity contribution in [3.63, 3.8) is 0 Å². The van der Waals surface area contributed by atoms with Crippen LogP contribution in [0.1, 0.15) is 59.3 Å². The summed E-state index contributed by atoms with van der Waals surface area (Å²) in [5, 5.41) is 0. The number of allylic oxidation sites excluding steroid dienone is 1. The van der Waals surface area contributed by atoms with E-state index in [1.807, 2.05) is 0 Å². The van der Waals surface area contributed by atoms with Gasteiger partial charge < -0.3 is 0 Å². The topological polar surface area (TPSA) is 0 Å². The van der Waals surface area contributed by atoms with Crippen molar-refractivity contribution in [2.75, 3.05) is 0 Å². The van der Waals surface area contributed by atoms with Gasteiger partial charge >= 0.3 is 0 Å². The summed E-state index contributed by atoms with van der Waals surface area (Å²) in [7, 11) is 0. The van der Waals surface area contributed by atoms with Crippen molar-refractivity contribution in [3.05, 3.63) is 12.7 Å². The number of rotatable bonds is 8. The summed E-state index contributed by atoms with van der Waals surface area (Å²) in [6.07, 6.45) is 10.6. The van der Waals surface area contributed by atoms with Crippen LogP contribution in [0.4, 0.5) is 0 Å². The average molecular weight is 208 g/mol. The van der Waals surface area contributed by atoms with E-state index >= 15 is 0 Å². The Hall–Kier alpha value is -0.260. The molecular weight excluding hydrogens is 180 g/mol. The second kappa shape index (κ2) is 6.35. The number of hydrogen-bond acceptors (Lipinski definition) is 0. The predicted octanol–water partition coefficient (Wildman–Crippen LogP) is 5.05. The summed E-state index contributed by atoms with van der Waals surface area (Å²) in [6, 6.07) is 0. The molecule has 0 aliphatic heterocycles. The van der Waals surface area contributed by atoms with Crippen LogP contribution in [0.25, 0.3) is 0 Å². The largest absolute Gasteiger partial charge is 0.103 e. The molecule has 1 aliphatic rings. The lowest BCUT2D eigenvalue weighted by Crippen LogP contribution is -2.01. The maximum absolute atomic E-state index is 3.84. The van der Waals surface area contributed by atoms with Crippen molar-refractivity contribution in [2.24, 2.45) is 23.7 Å². The lowest BCUT2D eigenvalue weighted by Gasteiger charge is -2.12. The third-order valence-corrected chi connectivity index (χ3v) is 4.09. The monoisotopic (exact) mass is 208 g/mol. The molecule has 1 fully saturated rings. The molecule has 0 spiro atoms. The maximum Gasteiger partial charge on any atom is -0.0265 e. The van der Waals surface area contributed by atoms with E-state index in [9.17, 15) is 0 Å². The van der Waals surface area contributed by atoms with Crippen LogP contribution >= 0.6 is 0 Å². The van der Waals surface area contributed by atoms with Crippen LogP contribution in [0.5, 0.6) is 0 Å². The lowest BCUT2D eigenvalue weighted by molar-refractivity contribution is 0.405. The van der Waals surface area contributed by atoms with E-state index in [0.29, 0.717) is 5.92 Å². The first kappa shape index (κ1) is 12.8. The third-order valence-electron chi connectivity index (χ3n) is 4.09. The van der Waals surface area contributed by atoms with Crippen molar-refractivity contribution >= 4 is 0 Å². The molecule has 0 aromatic rings. The van der Waals surface area contributed by atoms with Gasteiger partial charge in [0.2, 0.25) is 0 Å². The first-order valence-corrected chi connectivity index (χ1v) is 6.81. The van der Waals surface area contributed by atoms with Crippen molar-refractivity contribution in [2.45, 2.75) is 59.3 Å². The predicted molar refractivity (Wildman–Crippen MR) is 68.9 cm³/mol. The molecule has 0 nitrogen and oxygen atoms in total. The molecule has 4 unspecified atom stereocenters. The van der Waals surface area contributed by atoms with E-state index < -0.39 is 0 Å². The fraction of sp³-hybridized carbons (Fsp3) is 0.867. The second-order valence-corrected chi connectivity index (χ2v) is 5.57. The Morgan fingerprint density at radius 1 is 1.33 bits per heavy atom. The Morgan fingerprint density at radius 2 is 2.07 bits per heavy atom. The number of hydrogen-bond donors (Lipinski definition) is 0. The molecule has 4 atom stereocenters. The molecule has 15 heavy (non-hydrogen) atoms. The fourth-order valence-electron chi connectivity index (χ4n) is 2.76. The van der Waals surface area contributed by atoms with Gasteiger partial charge in [-0.2, -0.15) is 0 Å². The van der Waals surface area contributed by atoms with Gasteiger partial charge in [0.25, 0.3) is 0 Å². The summed E-state index contributed by atoms with van der Waals surface area (Å²) in [5.74, 6) is 3.84. The summed E-state index contributed by atoms with van der Waals surface area (Å²) in [4.78, 5) is 0. The highest BCUT2D eigenvalue weighted by atomic mass is 14.4. The first-order chi connectivity index (χ1) is 7.19. The molecule has 0 heterocycles. The van der Waals surface area contributed by atoms with Crippen LogP contribution in [0.2, 0.25) is 0 Å². The maximum atomic E-state index is 3.84. The average Bonchev–Trinajstić information content (AvgIpc) is 2.97. The van der Waals surface area contributed by atoms with Crippen molar-refractivity contribution in [1.29, 1.82) is 0 Å². The highest BCUT2D eigenvalue weighted by Crippen LogP contribution is 2.48. The lowest BCUT2D eigenvalue weighted by atomic mass is 9.94. The quantitative estimate of drug-likeness (QED) is 0.490. The highest BCUT2D eigenvalue weighted by Gasteiger charge is 2.39. The van der Waals surface area contributed by atoms with Gasteiger partial charge in [-0.25, -0.2) is 0 Å². The van der Waals surface area contributed by atoms with Crippen molar-refractivity contribution in [1.82, 2.24) is 0 Å². The van der Waals surface area contributed by atoms with E-state index in [4.69, 9.17) is 0 Å². The minimum Gasteiger partial charge on any atom is -0.103 e. The van der Waals surface area contributed by atoms with E-state index in [-0.39, 0.29) is 0 Å². The Labute approximate surface area is 96.2 Å². The van der Waals surface area contributed by atoms with Crippen LogP contribution in [0.3, 0.4) is 0 Å². The minimum absolute atomic E-state index is 0.711. The molecule has 0 bridgehead atoms. The smallest absolute Gasteiger partial charge is 0.0265 e. The standard InChI is InChI=1S/C15H28/c1-5-8-14-11-15(14)13(4)10-7-9-12(3)6-2/h6,12-15H,2,5,7-11H2,1,3-4H3. The molecule has 88 valence electrons. The zero-order valence-corrected chi connectivity index (χ0v) is 10.8. The van der Waals surface area contributed by atoms with Crippen molar-refractivity contribution in [3.8, 4) is 0 Å².